The van der Waals surface area contributed by atoms with E-state index in [0.717, 1.165) is 45.0 Å². The summed E-state index contributed by atoms with van der Waals surface area (Å²) in [6, 6.07) is 0. The Hall–Kier alpha value is -1.18. The van der Waals surface area contributed by atoms with E-state index in [1.54, 1.807) is 0 Å². The second-order valence-electron chi connectivity index (χ2n) is 5.38. The zero-order chi connectivity index (χ0) is 14.5. The average Bonchev–Trinajstić information content (AvgIpc) is 2.82. The minimum atomic E-state index is 0.155. The fraction of sp³-hybridized carbons (Fsp3) is 0.692. The maximum Gasteiger partial charge on any atom is 0.228 e. The van der Waals surface area contributed by atoms with Crippen molar-refractivity contribution < 1.29 is 4.79 Å². The van der Waals surface area contributed by atoms with Crippen LogP contribution < -0.4 is 5.73 Å². The van der Waals surface area contributed by atoms with Crippen molar-refractivity contribution in [2.75, 3.05) is 59.1 Å². The van der Waals surface area contributed by atoms with Gasteiger partial charge in [-0.1, -0.05) is 0 Å². The average molecular weight is 297 g/mol. The number of carbonyl (C=O) groups is 1. The highest BCUT2D eigenvalue weighted by Gasteiger charge is 2.21. The molecule has 112 valence electrons. The normalized spacial score (nSPS) is 16.9. The second-order valence-corrected chi connectivity index (χ2v) is 6.27. The van der Waals surface area contributed by atoms with Crippen molar-refractivity contribution in [3.63, 3.8) is 0 Å². The van der Waals surface area contributed by atoms with Crippen LogP contribution in [0, 0.1) is 0 Å². The summed E-state index contributed by atoms with van der Waals surface area (Å²) in [4.78, 5) is 22.8. The Morgan fingerprint density at radius 2 is 2.10 bits per heavy atom. The first-order chi connectivity index (χ1) is 9.54. The summed E-state index contributed by atoms with van der Waals surface area (Å²) in [5, 5.41) is 2.39. The molecule has 0 aromatic carbocycles. The Labute approximate surface area is 124 Å². The number of amides is 1. The third-order valence-corrected chi connectivity index (χ3v) is 4.21. The largest absolute Gasteiger partial charge is 0.375 e. The van der Waals surface area contributed by atoms with Crippen LogP contribution in [0.1, 0.15) is 5.69 Å². The van der Waals surface area contributed by atoms with Gasteiger partial charge in [0.2, 0.25) is 5.91 Å². The number of hydrogen-bond donors (Lipinski definition) is 1. The van der Waals surface area contributed by atoms with Gasteiger partial charge in [0.15, 0.2) is 5.13 Å². The molecule has 0 atom stereocenters. The molecule has 2 rings (SSSR count). The Balaban J connectivity index is 1.74. The van der Waals surface area contributed by atoms with E-state index in [9.17, 15) is 4.79 Å². The van der Waals surface area contributed by atoms with Crippen LogP contribution >= 0.6 is 11.3 Å². The minimum absolute atomic E-state index is 0.155. The highest BCUT2D eigenvalue weighted by molar-refractivity contribution is 7.13. The zero-order valence-electron chi connectivity index (χ0n) is 12.2. The Morgan fingerprint density at radius 3 is 2.65 bits per heavy atom. The van der Waals surface area contributed by atoms with Gasteiger partial charge in [0.05, 0.1) is 12.1 Å². The smallest absolute Gasteiger partial charge is 0.228 e. The number of likely N-dealkylation sites (N-methyl/N-ethyl adjacent to an activating group) is 1. The van der Waals surface area contributed by atoms with Gasteiger partial charge < -0.3 is 15.5 Å². The van der Waals surface area contributed by atoms with E-state index in [0.29, 0.717) is 11.6 Å². The summed E-state index contributed by atoms with van der Waals surface area (Å²) in [6.07, 6.45) is 0.366. The fourth-order valence-electron chi connectivity index (χ4n) is 2.23. The molecular weight excluding hydrogens is 274 g/mol. The van der Waals surface area contributed by atoms with E-state index in [1.807, 2.05) is 10.3 Å². The molecule has 7 heteroatoms. The lowest BCUT2D eigenvalue weighted by Crippen LogP contribution is -2.50. The summed E-state index contributed by atoms with van der Waals surface area (Å²) in [6.45, 7) is 5.67. The van der Waals surface area contributed by atoms with Crippen LogP contribution in [-0.2, 0) is 11.2 Å². The molecule has 0 saturated carbocycles. The molecule has 0 bridgehead atoms. The zero-order valence-corrected chi connectivity index (χ0v) is 13.0. The van der Waals surface area contributed by atoms with Crippen molar-refractivity contribution in [2.24, 2.45) is 0 Å². The van der Waals surface area contributed by atoms with Gasteiger partial charge in [-0.3, -0.25) is 9.69 Å². The van der Waals surface area contributed by atoms with E-state index >= 15 is 0 Å². The molecular formula is C13H23N5OS. The standard InChI is InChI=1S/C13H23N5OS/c1-16(2)3-4-17-5-7-18(8-6-17)12(19)9-11-10-20-13(14)15-11/h10H,3-9H2,1-2H3,(H2,14,15). The number of aromatic nitrogens is 1. The van der Waals surface area contributed by atoms with Gasteiger partial charge in [-0.15, -0.1) is 11.3 Å². The molecule has 0 unspecified atom stereocenters. The maximum absolute atomic E-state index is 12.2. The molecule has 1 amide bonds. The van der Waals surface area contributed by atoms with Gasteiger partial charge in [-0.2, -0.15) is 0 Å². The highest BCUT2D eigenvalue weighted by Crippen LogP contribution is 2.13. The number of nitrogen functional groups attached to an aromatic ring is 1. The highest BCUT2D eigenvalue weighted by atomic mass is 32.1. The first-order valence-corrected chi connectivity index (χ1v) is 7.77. The maximum atomic E-state index is 12.2. The molecule has 1 aliphatic rings. The van der Waals surface area contributed by atoms with Gasteiger partial charge in [0.25, 0.3) is 0 Å². The van der Waals surface area contributed by atoms with Crippen molar-refractivity contribution >= 4 is 22.4 Å². The summed E-state index contributed by atoms with van der Waals surface area (Å²) in [7, 11) is 4.17. The quantitative estimate of drug-likeness (QED) is 0.827. The van der Waals surface area contributed by atoms with E-state index in [1.165, 1.54) is 11.3 Å². The van der Waals surface area contributed by atoms with Crippen LogP contribution in [0.4, 0.5) is 5.13 Å². The van der Waals surface area contributed by atoms with Crippen molar-refractivity contribution in [1.82, 2.24) is 19.7 Å². The fourth-order valence-corrected chi connectivity index (χ4v) is 2.80. The van der Waals surface area contributed by atoms with Crippen molar-refractivity contribution in [3.05, 3.63) is 11.1 Å². The number of nitrogens with two attached hydrogens (primary N) is 1. The number of piperazine rings is 1. The van der Waals surface area contributed by atoms with E-state index < -0.39 is 0 Å². The lowest BCUT2D eigenvalue weighted by atomic mass is 10.2. The van der Waals surface area contributed by atoms with Crippen LogP contribution in [-0.4, -0.2) is 79.0 Å². The topological polar surface area (TPSA) is 65.7 Å². The summed E-state index contributed by atoms with van der Waals surface area (Å²) in [5.41, 5.74) is 6.37. The number of hydrogen-bond acceptors (Lipinski definition) is 6. The number of thiazole rings is 1. The van der Waals surface area contributed by atoms with Crippen LogP contribution in [0.25, 0.3) is 0 Å². The lowest BCUT2D eigenvalue weighted by Gasteiger charge is -2.35. The van der Waals surface area contributed by atoms with Crippen LogP contribution in [0.2, 0.25) is 0 Å². The molecule has 0 spiro atoms. The molecule has 0 aliphatic carbocycles. The summed E-state index contributed by atoms with van der Waals surface area (Å²) in [5.74, 6) is 0.155. The molecule has 1 aromatic heterocycles. The van der Waals surface area contributed by atoms with Crippen molar-refractivity contribution in [3.8, 4) is 0 Å². The van der Waals surface area contributed by atoms with Crippen LogP contribution in [0.3, 0.4) is 0 Å². The van der Waals surface area contributed by atoms with E-state index in [4.69, 9.17) is 5.73 Å². The minimum Gasteiger partial charge on any atom is -0.375 e. The number of anilines is 1. The van der Waals surface area contributed by atoms with Gasteiger partial charge in [0, 0.05) is 44.6 Å². The molecule has 1 aromatic rings. The molecule has 1 aliphatic heterocycles. The van der Waals surface area contributed by atoms with Crippen molar-refractivity contribution in [2.45, 2.75) is 6.42 Å². The molecule has 1 saturated heterocycles. The third kappa shape index (κ3) is 4.43. The monoisotopic (exact) mass is 297 g/mol. The Bertz CT molecular complexity index is 440. The number of rotatable bonds is 5. The van der Waals surface area contributed by atoms with Crippen LogP contribution in [0.5, 0.6) is 0 Å². The third-order valence-electron chi connectivity index (χ3n) is 3.49. The first kappa shape index (κ1) is 15.2. The molecule has 0 radical (unpaired) electrons. The Morgan fingerprint density at radius 1 is 1.40 bits per heavy atom. The molecule has 2 N–H and O–H groups in total. The number of nitrogens with zero attached hydrogens (tertiary/aromatic N) is 4. The van der Waals surface area contributed by atoms with Crippen molar-refractivity contribution in [1.29, 1.82) is 0 Å². The molecule has 1 fully saturated rings. The predicted octanol–water partition coefficient (Wildman–Crippen LogP) is -0.0264. The number of carbonyl (C=O) groups excluding carboxylic acids is 1. The molecule has 2 heterocycles. The van der Waals surface area contributed by atoms with Gasteiger partial charge in [0.1, 0.15) is 0 Å². The Kier molecular flexibility index (Phi) is 5.33. The molecule has 6 nitrogen and oxygen atoms in total. The predicted molar refractivity (Wildman–Crippen MR) is 81.8 cm³/mol. The SMILES string of the molecule is CN(C)CCN1CCN(C(=O)Cc2csc(N)n2)CC1. The van der Waals surface area contributed by atoms with E-state index in [-0.39, 0.29) is 5.91 Å². The van der Waals surface area contributed by atoms with Gasteiger partial charge in [-0.05, 0) is 14.1 Å². The lowest BCUT2D eigenvalue weighted by molar-refractivity contribution is -0.132. The second kappa shape index (κ2) is 7.01. The van der Waals surface area contributed by atoms with Crippen LogP contribution in [0.15, 0.2) is 5.38 Å². The van der Waals surface area contributed by atoms with Gasteiger partial charge >= 0.3 is 0 Å². The first-order valence-electron chi connectivity index (χ1n) is 6.89. The summed E-state index contributed by atoms with van der Waals surface area (Å²) >= 11 is 1.39. The van der Waals surface area contributed by atoms with E-state index in [2.05, 4.69) is 28.9 Å². The summed E-state index contributed by atoms with van der Waals surface area (Å²) < 4.78 is 0. The van der Waals surface area contributed by atoms with Gasteiger partial charge in [-0.25, -0.2) is 4.98 Å². The molecule has 20 heavy (non-hydrogen) atoms.